The van der Waals surface area contributed by atoms with Gasteiger partial charge in [-0.2, -0.15) is 18.2 Å². The van der Waals surface area contributed by atoms with Gasteiger partial charge >= 0.3 is 6.18 Å². The number of halogens is 3. The van der Waals surface area contributed by atoms with E-state index in [1.807, 2.05) is 35.9 Å². The third-order valence-electron chi connectivity index (χ3n) is 3.99. The number of rotatable bonds is 4. The Labute approximate surface area is 156 Å². The lowest BCUT2D eigenvalue weighted by Gasteiger charge is -2.06. The SMILES string of the molecule is Cn1c(SCc2nc(-c3cccc(C(F)(F)F)c3)no2)nc2ccccc21. The third kappa shape index (κ3) is 3.55. The zero-order valence-corrected chi connectivity index (χ0v) is 14.9. The lowest BCUT2D eigenvalue weighted by molar-refractivity contribution is -0.137. The predicted octanol–water partition coefficient (Wildman–Crippen LogP) is 4.93. The monoisotopic (exact) mass is 390 g/mol. The van der Waals surface area contributed by atoms with Gasteiger partial charge in [-0.15, -0.1) is 0 Å². The van der Waals surface area contributed by atoms with Gasteiger partial charge in [0.05, 0.1) is 22.3 Å². The Morgan fingerprint density at radius 3 is 2.67 bits per heavy atom. The molecule has 0 spiro atoms. The first-order chi connectivity index (χ1) is 12.9. The molecule has 27 heavy (non-hydrogen) atoms. The first-order valence-electron chi connectivity index (χ1n) is 7.96. The summed E-state index contributed by atoms with van der Waals surface area (Å²) in [5.41, 5.74) is 1.40. The van der Waals surface area contributed by atoms with Crippen molar-refractivity contribution < 1.29 is 17.7 Å². The van der Waals surface area contributed by atoms with E-state index < -0.39 is 11.7 Å². The molecule has 5 nitrogen and oxygen atoms in total. The number of thioether (sulfide) groups is 1. The molecule has 9 heteroatoms. The molecule has 0 N–H and O–H groups in total. The minimum atomic E-state index is -4.42. The molecule has 0 amide bonds. The average molecular weight is 390 g/mol. The number of benzene rings is 2. The van der Waals surface area contributed by atoms with E-state index in [2.05, 4.69) is 15.1 Å². The summed E-state index contributed by atoms with van der Waals surface area (Å²) < 4.78 is 45.7. The van der Waals surface area contributed by atoms with Crippen LogP contribution in [0.2, 0.25) is 0 Å². The molecule has 0 unspecified atom stereocenters. The van der Waals surface area contributed by atoms with Crippen molar-refractivity contribution in [1.29, 1.82) is 0 Å². The molecule has 4 rings (SSSR count). The highest BCUT2D eigenvalue weighted by atomic mass is 32.2. The molecule has 2 aromatic carbocycles. The van der Waals surface area contributed by atoms with Crippen LogP contribution in [0.25, 0.3) is 22.4 Å². The average Bonchev–Trinajstić information content (AvgIpc) is 3.25. The number of aromatic nitrogens is 4. The van der Waals surface area contributed by atoms with Crippen LogP contribution in [0, 0.1) is 0 Å². The number of hydrogen-bond donors (Lipinski definition) is 0. The maximum absolute atomic E-state index is 12.8. The van der Waals surface area contributed by atoms with Crippen molar-refractivity contribution in [3.05, 3.63) is 60.0 Å². The highest BCUT2D eigenvalue weighted by Crippen LogP contribution is 2.32. The molecular weight excluding hydrogens is 377 g/mol. The standard InChI is InChI=1S/C18H13F3N4OS/c1-25-14-8-3-2-7-13(14)22-17(25)27-10-15-23-16(24-26-15)11-5-4-6-12(9-11)18(19,20)21/h2-9H,10H2,1H3. The van der Waals surface area contributed by atoms with Crippen LogP contribution in [-0.2, 0) is 19.0 Å². The number of para-hydroxylation sites is 2. The highest BCUT2D eigenvalue weighted by Gasteiger charge is 2.30. The molecule has 0 aliphatic carbocycles. The van der Waals surface area contributed by atoms with Crippen LogP contribution in [0.5, 0.6) is 0 Å². The topological polar surface area (TPSA) is 56.7 Å². The van der Waals surface area contributed by atoms with Gasteiger partial charge in [-0.1, -0.05) is 41.2 Å². The molecular formula is C18H13F3N4OS. The lowest BCUT2D eigenvalue weighted by atomic mass is 10.1. The van der Waals surface area contributed by atoms with Crippen molar-refractivity contribution in [2.24, 2.45) is 7.05 Å². The quantitative estimate of drug-likeness (QED) is 0.462. The van der Waals surface area contributed by atoms with Crippen LogP contribution in [0.15, 0.2) is 58.2 Å². The summed E-state index contributed by atoms with van der Waals surface area (Å²) in [6, 6.07) is 12.6. The van der Waals surface area contributed by atoms with Gasteiger partial charge in [0.15, 0.2) is 5.16 Å². The van der Waals surface area contributed by atoms with Gasteiger partial charge < -0.3 is 9.09 Å². The Morgan fingerprint density at radius 2 is 1.89 bits per heavy atom. The highest BCUT2D eigenvalue weighted by molar-refractivity contribution is 7.98. The van der Waals surface area contributed by atoms with E-state index in [0.717, 1.165) is 28.3 Å². The summed E-state index contributed by atoms with van der Waals surface area (Å²) in [7, 11) is 1.92. The molecule has 0 bridgehead atoms. The molecule has 2 aromatic heterocycles. The number of alkyl halides is 3. The first kappa shape index (κ1) is 17.6. The number of aryl methyl sites for hydroxylation is 1. The van der Waals surface area contributed by atoms with E-state index >= 15 is 0 Å². The Hall–Kier alpha value is -2.81. The lowest BCUT2D eigenvalue weighted by Crippen LogP contribution is -2.04. The van der Waals surface area contributed by atoms with Crippen LogP contribution < -0.4 is 0 Å². The summed E-state index contributed by atoms with van der Waals surface area (Å²) in [5.74, 6) is 0.810. The summed E-state index contributed by atoms with van der Waals surface area (Å²) in [5, 5.41) is 4.58. The van der Waals surface area contributed by atoms with Crippen molar-refractivity contribution in [3.8, 4) is 11.4 Å². The van der Waals surface area contributed by atoms with Crippen LogP contribution in [0.3, 0.4) is 0 Å². The Kier molecular flexibility index (Phi) is 4.39. The first-order valence-corrected chi connectivity index (χ1v) is 8.95. The summed E-state index contributed by atoms with van der Waals surface area (Å²) in [4.78, 5) is 8.74. The largest absolute Gasteiger partial charge is 0.416 e. The molecule has 0 radical (unpaired) electrons. The number of nitrogens with zero attached hydrogens (tertiary/aromatic N) is 4. The van der Waals surface area contributed by atoms with Crippen LogP contribution >= 0.6 is 11.8 Å². The third-order valence-corrected chi connectivity index (χ3v) is 5.00. The van der Waals surface area contributed by atoms with E-state index in [4.69, 9.17) is 4.52 Å². The van der Waals surface area contributed by atoms with E-state index in [0.29, 0.717) is 11.6 Å². The zero-order chi connectivity index (χ0) is 19.0. The zero-order valence-electron chi connectivity index (χ0n) is 14.1. The Balaban J connectivity index is 1.52. The van der Waals surface area contributed by atoms with Crippen LogP contribution in [0.4, 0.5) is 13.2 Å². The normalized spacial score (nSPS) is 12.0. The maximum atomic E-state index is 12.8. The number of fused-ring (bicyclic) bond motifs is 1. The summed E-state index contributed by atoms with van der Waals surface area (Å²) in [6.45, 7) is 0. The molecule has 0 saturated carbocycles. The van der Waals surface area contributed by atoms with Crippen molar-refractivity contribution in [3.63, 3.8) is 0 Å². The van der Waals surface area contributed by atoms with Crippen LogP contribution in [-0.4, -0.2) is 19.7 Å². The van der Waals surface area contributed by atoms with Crippen molar-refractivity contribution in [2.45, 2.75) is 17.1 Å². The van der Waals surface area contributed by atoms with Gasteiger partial charge in [0.25, 0.3) is 0 Å². The van der Waals surface area contributed by atoms with E-state index in [9.17, 15) is 13.2 Å². The van der Waals surface area contributed by atoms with Gasteiger partial charge in [-0.05, 0) is 24.3 Å². The van der Waals surface area contributed by atoms with E-state index in [1.165, 1.54) is 23.9 Å². The van der Waals surface area contributed by atoms with Crippen molar-refractivity contribution >= 4 is 22.8 Å². The predicted molar refractivity (Wildman–Crippen MR) is 95.0 cm³/mol. The second kappa shape index (κ2) is 6.73. The molecule has 0 fully saturated rings. The van der Waals surface area contributed by atoms with Gasteiger partial charge in [-0.25, -0.2) is 4.98 Å². The van der Waals surface area contributed by atoms with Gasteiger partial charge in [0, 0.05) is 12.6 Å². The Morgan fingerprint density at radius 1 is 1.07 bits per heavy atom. The van der Waals surface area contributed by atoms with Crippen LogP contribution in [0.1, 0.15) is 11.5 Å². The smallest absolute Gasteiger partial charge is 0.338 e. The van der Waals surface area contributed by atoms with Gasteiger partial charge in [0.2, 0.25) is 11.7 Å². The van der Waals surface area contributed by atoms with Crippen molar-refractivity contribution in [1.82, 2.24) is 19.7 Å². The minimum absolute atomic E-state index is 0.127. The number of imidazole rings is 1. The maximum Gasteiger partial charge on any atom is 0.416 e. The molecule has 0 saturated heterocycles. The fourth-order valence-electron chi connectivity index (χ4n) is 2.64. The van der Waals surface area contributed by atoms with E-state index in [1.54, 1.807) is 0 Å². The summed E-state index contributed by atoms with van der Waals surface area (Å²) in [6.07, 6.45) is -4.42. The van der Waals surface area contributed by atoms with Crippen molar-refractivity contribution in [2.75, 3.05) is 0 Å². The molecule has 0 aliphatic heterocycles. The second-order valence-corrected chi connectivity index (χ2v) is 6.76. The molecule has 4 aromatic rings. The number of hydrogen-bond acceptors (Lipinski definition) is 5. The fraction of sp³-hybridized carbons (Fsp3) is 0.167. The molecule has 0 atom stereocenters. The molecule has 2 heterocycles. The minimum Gasteiger partial charge on any atom is -0.338 e. The summed E-state index contributed by atoms with van der Waals surface area (Å²) >= 11 is 1.42. The molecule has 138 valence electrons. The fourth-order valence-corrected chi connectivity index (χ4v) is 3.47. The van der Waals surface area contributed by atoms with Gasteiger partial charge in [-0.3, -0.25) is 0 Å². The van der Waals surface area contributed by atoms with Gasteiger partial charge in [0.1, 0.15) is 0 Å². The van der Waals surface area contributed by atoms with E-state index in [-0.39, 0.29) is 11.4 Å². The molecule has 0 aliphatic rings. The Bertz CT molecular complexity index is 1100. The second-order valence-electron chi connectivity index (χ2n) is 5.82.